The minimum absolute atomic E-state index is 0.0188. The maximum atomic E-state index is 14.0. The van der Waals surface area contributed by atoms with Crippen molar-refractivity contribution in [3.05, 3.63) is 71.9 Å². The van der Waals surface area contributed by atoms with Crippen molar-refractivity contribution >= 4 is 17.4 Å². The summed E-state index contributed by atoms with van der Waals surface area (Å²) in [6, 6.07) is 15.9. The Hall–Kier alpha value is -3.69. The van der Waals surface area contributed by atoms with Gasteiger partial charge in [0, 0.05) is 44.4 Å². The lowest BCUT2D eigenvalue weighted by Gasteiger charge is -2.35. The van der Waals surface area contributed by atoms with Gasteiger partial charge in [0.15, 0.2) is 11.7 Å². The fourth-order valence-corrected chi connectivity index (χ4v) is 4.70. The number of nitrogens with one attached hydrogen (secondary N) is 1. The maximum Gasteiger partial charge on any atom is 0.410 e. The Morgan fingerprint density at radius 3 is 2.34 bits per heavy atom. The first-order valence-corrected chi connectivity index (χ1v) is 11.5. The van der Waals surface area contributed by atoms with Crippen LogP contribution in [0.4, 0.5) is 24.7 Å². The number of carbonyl (C=O) groups excluding carboxylic acids is 1. The molecular weight excluding hydrogens is 459 g/mol. The molecule has 10 heteroatoms. The molecular formula is C25H26F3N5O2. The van der Waals surface area contributed by atoms with Crippen molar-refractivity contribution in [3.63, 3.8) is 0 Å². The zero-order chi connectivity index (χ0) is 24.6. The molecule has 3 aromatic rings. The number of para-hydroxylation sites is 1. The number of ether oxygens (including phenoxy) is 1. The van der Waals surface area contributed by atoms with Gasteiger partial charge >= 0.3 is 6.18 Å². The van der Waals surface area contributed by atoms with Gasteiger partial charge in [-0.3, -0.25) is 4.79 Å². The predicted octanol–water partition coefficient (Wildman–Crippen LogP) is 4.51. The topological polar surface area (TPSA) is 62.6 Å². The van der Waals surface area contributed by atoms with Crippen molar-refractivity contribution in [2.45, 2.75) is 24.7 Å². The summed E-state index contributed by atoms with van der Waals surface area (Å²) in [5, 5.41) is 7.26. The van der Waals surface area contributed by atoms with Crippen LogP contribution in [0.15, 0.2) is 60.7 Å². The van der Waals surface area contributed by atoms with Gasteiger partial charge in [-0.1, -0.05) is 30.3 Å². The number of hydrogen-bond donors (Lipinski definition) is 1. The summed E-state index contributed by atoms with van der Waals surface area (Å²) in [6.07, 6.45) is -4.73. The molecule has 1 N–H and O–H groups in total. The highest BCUT2D eigenvalue weighted by Gasteiger charge is 2.47. The zero-order valence-electron chi connectivity index (χ0n) is 19.2. The van der Waals surface area contributed by atoms with Crippen LogP contribution in [0.5, 0.6) is 5.75 Å². The zero-order valence-corrected chi connectivity index (χ0v) is 19.2. The summed E-state index contributed by atoms with van der Waals surface area (Å²) >= 11 is 0. The second kappa shape index (κ2) is 9.16. The van der Waals surface area contributed by atoms with Crippen molar-refractivity contribution < 1.29 is 22.7 Å². The van der Waals surface area contributed by atoms with E-state index in [1.165, 1.54) is 13.2 Å². The number of halogens is 3. The number of methoxy groups -OCH3 is 1. The van der Waals surface area contributed by atoms with Crippen molar-refractivity contribution in [1.29, 1.82) is 0 Å². The van der Waals surface area contributed by atoms with Gasteiger partial charge in [-0.2, -0.15) is 18.3 Å². The summed E-state index contributed by atoms with van der Waals surface area (Å²) in [4.78, 5) is 17.0. The largest absolute Gasteiger partial charge is 0.497 e. The normalized spacial score (nSPS) is 20.2. The van der Waals surface area contributed by atoms with E-state index >= 15 is 0 Å². The Balaban J connectivity index is 1.34. The molecule has 2 atom stereocenters. The average Bonchev–Trinajstić information content (AvgIpc) is 3.32. The number of benzene rings is 2. The van der Waals surface area contributed by atoms with Crippen LogP contribution in [0.3, 0.4) is 0 Å². The molecule has 2 aliphatic rings. The van der Waals surface area contributed by atoms with E-state index in [0.29, 0.717) is 37.5 Å². The first-order chi connectivity index (χ1) is 16.8. The SMILES string of the molecule is COc1ccc([C@@H]2C[C@H](C(F)(F)F)n3nc(C(=O)N4CCN(c5ccccc5)CC4)cc3N2)cc1. The van der Waals surface area contributed by atoms with Gasteiger partial charge in [0.05, 0.1) is 13.2 Å². The fraction of sp³-hybridized carbons (Fsp3) is 0.360. The van der Waals surface area contributed by atoms with E-state index < -0.39 is 18.3 Å². The molecule has 5 rings (SSSR count). The molecule has 7 nitrogen and oxygen atoms in total. The molecule has 35 heavy (non-hydrogen) atoms. The summed E-state index contributed by atoms with van der Waals surface area (Å²) in [5.74, 6) is 0.455. The molecule has 0 radical (unpaired) electrons. The van der Waals surface area contributed by atoms with E-state index in [4.69, 9.17) is 4.74 Å². The Labute approximate surface area is 201 Å². The molecule has 0 aliphatic carbocycles. The number of carbonyl (C=O) groups is 1. The van der Waals surface area contributed by atoms with Gasteiger partial charge in [-0.05, 0) is 29.8 Å². The van der Waals surface area contributed by atoms with Crippen molar-refractivity contribution in [2.75, 3.05) is 43.5 Å². The third-order valence-electron chi connectivity index (χ3n) is 6.62. The highest BCUT2D eigenvalue weighted by molar-refractivity contribution is 5.93. The molecule has 1 saturated heterocycles. The third kappa shape index (κ3) is 4.65. The maximum absolute atomic E-state index is 14.0. The molecule has 2 aromatic carbocycles. The first-order valence-electron chi connectivity index (χ1n) is 11.5. The molecule has 0 saturated carbocycles. The van der Waals surface area contributed by atoms with Crippen molar-refractivity contribution in [1.82, 2.24) is 14.7 Å². The van der Waals surface area contributed by atoms with Crippen molar-refractivity contribution in [3.8, 4) is 5.75 Å². The number of amides is 1. The number of hydrogen-bond acceptors (Lipinski definition) is 5. The van der Waals surface area contributed by atoms with Crippen LogP contribution in [0.2, 0.25) is 0 Å². The van der Waals surface area contributed by atoms with Crippen LogP contribution < -0.4 is 15.0 Å². The standard InChI is InChI=1S/C25H26F3N5O2/c1-35-19-9-7-17(8-10-19)20-15-22(25(26,27)28)33-23(29-20)16-21(30-33)24(34)32-13-11-31(12-14-32)18-5-3-2-4-6-18/h2-10,16,20,22,29H,11-15H2,1H3/t20-,22+/m0/s1. The Morgan fingerprint density at radius 2 is 1.71 bits per heavy atom. The Bertz CT molecular complexity index is 1170. The van der Waals surface area contributed by atoms with Gasteiger partial charge in [0.25, 0.3) is 5.91 Å². The van der Waals surface area contributed by atoms with E-state index in [1.54, 1.807) is 29.2 Å². The van der Waals surface area contributed by atoms with Gasteiger partial charge < -0.3 is 19.9 Å². The Morgan fingerprint density at radius 1 is 1.03 bits per heavy atom. The molecule has 0 spiro atoms. The van der Waals surface area contributed by atoms with Crippen LogP contribution in [0, 0.1) is 0 Å². The van der Waals surface area contributed by atoms with E-state index in [-0.39, 0.29) is 23.8 Å². The van der Waals surface area contributed by atoms with Crippen LogP contribution >= 0.6 is 0 Å². The Kier molecular flexibility index (Phi) is 6.04. The van der Waals surface area contributed by atoms with Crippen LogP contribution in [0.1, 0.15) is 34.6 Å². The number of anilines is 2. The molecule has 0 bridgehead atoms. The van der Waals surface area contributed by atoms with Gasteiger partial charge in [0.1, 0.15) is 11.6 Å². The second-order valence-electron chi connectivity index (χ2n) is 8.74. The molecule has 1 aromatic heterocycles. The van der Waals surface area contributed by atoms with E-state index in [9.17, 15) is 18.0 Å². The molecule has 1 amide bonds. The number of piperazine rings is 1. The van der Waals surface area contributed by atoms with Gasteiger partial charge in [-0.25, -0.2) is 4.68 Å². The quantitative estimate of drug-likeness (QED) is 0.589. The number of aromatic nitrogens is 2. The number of rotatable bonds is 4. The second-order valence-corrected chi connectivity index (χ2v) is 8.74. The highest BCUT2D eigenvalue weighted by atomic mass is 19.4. The first kappa shape index (κ1) is 23.1. The van der Waals surface area contributed by atoms with E-state index in [1.807, 2.05) is 30.3 Å². The minimum Gasteiger partial charge on any atom is -0.497 e. The van der Waals surface area contributed by atoms with Crippen LogP contribution in [-0.4, -0.2) is 60.1 Å². The summed E-state index contributed by atoms with van der Waals surface area (Å²) in [5.41, 5.74) is 1.81. The monoisotopic (exact) mass is 485 g/mol. The molecule has 3 heterocycles. The molecule has 2 aliphatic heterocycles. The van der Waals surface area contributed by atoms with E-state index in [2.05, 4.69) is 15.3 Å². The molecule has 0 unspecified atom stereocenters. The summed E-state index contributed by atoms with van der Waals surface area (Å²) in [7, 11) is 1.53. The number of alkyl halides is 3. The lowest BCUT2D eigenvalue weighted by molar-refractivity contribution is -0.173. The highest BCUT2D eigenvalue weighted by Crippen LogP contribution is 2.43. The number of nitrogens with zero attached hydrogens (tertiary/aromatic N) is 4. The van der Waals surface area contributed by atoms with Gasteiger partial charge in [-0.15, -0.1) is 0 Å². The smallest absolute Gasteiger partial charge is 0.410 e. The number of fused-ring (bicyclic) bond motifs is 1. The van der Waals surface area contributed by atoms with Crippen molar-refractivity contribution in [2.24, 2.45) is 0 Å². The van der Waals surface area contributed by atoms with Gasteiger partial charge in [0.2, 0.25) is 0 Å². The fourth-order valence-electron chi connectivity index (χ4n) is 4.70. The lowest BCUT2D eigenvalue weighted by atomic mass is 9.97. The van der Waals surface area contributed by atoms with Crippen LogP contribution in [0.25, 0.3) is 0 Å². The lowest BCUT2D eigenvalue weighted by Crippen LogP contribution is -2.49. The summed E-state index contributed by atoms with van der Waals surface area (Å²) < 4.78 is 48.0. The van der Waals surface area contributed by atoms with Crippen LogP contribution in [-0.2, 0) is 0 Å². The molecule has 184 valence electrons. The predicted molar refractivity (Wildman–Crippen MR) is 126 cm³/mol. The third-order valence-corrected chi connectivity index (χ3v) is 6.62. The van der Waals surface area contributed by atoms with E-state index in [0.717, 1.165) is 10.4 Å². The summed E-state index contributed by atoms with van der Waals surface area (Å²) in [6.45, 7) is 2.24. The minimum atomic E-state index is -4.50. The molecule has 1 fully saturated rings. The average molecular weight is 486 g/mol.